The molecule has 14 heavy (non-hydrogen) atoms. The topological polar surface area (TPSA) is 24.9 Å². The van der Waals surface area contributed by atoms with E-state index in [0.29, 0.717) is 12.0 Å². The molecule has 0 saturated carbocycles. The normalized spacial score (nSPS) is 13.5. The molecule has 0 aromatic carbocycles. The summed E-state index contributed by atoms with van der Waals surface area (Å²) in [7, 11) is 0. The molecule has 1 rings (SSSR count). The predicted octanol–water partition coefficient (Wildman–Crippen LogP) is 2.63. The highest BCUT2D eigenvalue weighted by atomic mass is 32.1. The third kappa shape index (κ3) is 3.39. The first kappa shape index (κ1) is 11.7. The van der Waals surface area contributed by atoms with Crippen LogP contribution in [0.2, 0.25) is 0 Å². The van der Waals surface area contributed by atoms with E-state index in [1.807, 2.05) is 5.51 Å². The Morgan fingerprint density at radius 3 is 2.64 bits per heavy atom. The number of hydrogen-bond acceptors (Lipinski definition) is 3. The minimum absolute atomic E-state index is 0.600. The lowest BCUT2D eigenvalue weighted by Gasteiger charge is -2.16. The van der Waals surface area contributed by atoms with Crippen molar-refractivity contribution in [2.24, 2.45) is 5.92 Å². The van der Waals surface area contributed by atoms with Gasteiger partial charge in [-0.05, 0) is 26.2 Å². The summed E-state index contributed by atoms with van der Waals surface area (Å²) >= 11 is 1.76. The monoisotopic (exact) mass is 212 g/mol. The van der Waals surface area contributed by atoms with Gasteiger partial charge in [-0.25, -0.2) is 4.98 Å². The van der Waals surface area contributed by atoms with Gasteiger partial charge in [-0.15, -0.1) is 11.3 Å². The molecule has 1 unspecified atom stereocenters. The van der Waals surface area contributed by atoms with Gasteiger partial charge in [0, 0.05) is 17.5 Å². The zero-order valence-electron chi connectivity index (χ0n) is 9.50. The fourth-order valence-corrected chi connectivity index (χ4v) is 2.00. The van der Waals surface area contributed by atoms with Crippen molar-refractivity contribution >= 4 is 11.3 Å². The van der Waals surface area contributed by atoms with Crippen LogP contribution in [0.1, 0.15) is 31.3 Å². The van der Waals surface area contributed by atoms with E-state index in [2.05, 4.69) is 38.0 Å². The number of aromatic nitrogens is 1. The van der Waals surface area contributed by atoms with E-state index in [1.54, 1.807) is 11.3 Å². The fraction of sp³-hybridized carbons (Fsp3) is 0.727. The van der Waals surface area contributed by atoms with Crippen LogP contribution in [0.3, 0.4) is 0 Å². The first-order valence-electron chi connectivity index (χ1n) is 5.23. The number of hydrogen-bond donors (Lipinski definition) is 1. The molecule has 0 saturated heterocycles. The lowest BCUT2D eigenvalue weighted by molar-refractivity contribution is 0.430. The molecular formula is C11H20N2S. The minimum Gasteiger partial charge on any atom is -0.314 e. The second-order valence-corrected chi connectivity index (χ2v) is 5.04. The van der Waals surface area contributed by atoms with Crippen LogP contribution in [0.5, 0.6) is 0 Å². The smallest absolute Gasteiger partial charge is 0.0797 e. The van der Waals surface area contributed by atoms with Crippen molar-refractivity contribution in [1.82, 2.24) is 10.3 Å². The standard InChI is InChI=1S/C11H20N2S/c1-8(2)9(3)12-6-5-11-10(4)13-7-14-11/h7-9,12H,5-6H2,1-4H3. The first-order chi connectivity index (χ1) is 6.61. The van der Waals surface area contributed by atoms with E-state index in [9.17, 15) is 0 Å². The van der Waals surface area contributed by atoms with E-state index in [0.717, 1.165) is 13.0 Å². The van der Waals surface area contributed by atoms with Gasteiger partial charge >= 0.3 is 0 Å². The van der Waals surface area contributed by atoms with Gasteiger partial charge in [0.15, 0.2) is 0 Å². The maximum atomic E-state index is 4.24. The molecule has 1 aromatic rings. The molecule has 3 heteroatoms. The number of thiazole rings is 1. The van der Waals surface area contributed by atoms with Crippen LogP contribution in [-0.4, -0.2) is 17.6 Å². The molecule has 0 bridgehead atoms. The lowest BCUT2D eigenvalue weighted by Crippen LogP contribution is -2.32. The van der Waals surface area contributed by atoms with Crippen molar-refractivity contribution in [3.63, 3.8) is 0 Å². The van der Waals surface area contributed by atoms with Crippen molar-refractivity contribution in [3.05, 3.63) is 16.1 Å². The summed E-state index contributed by atoms with van der Waals surface area (Å²) in [6, 6.07) is 0.600. The van der Waals surface area contributed by atoms with Gasteiger partial charge in [-0.3, -0.25) is 0 Å². The molecule has 80 valence electrons. The Balaban J connectivity index is 2.25. The molecule has 0 radical (unpaired) electrons. The molecule has 0 amide bonds. The number of aryl methyl sites for hydroxylation is 1. The van der Waals surface area contributed by atoms with E-state index in [1.165, 1.54) is 10.6 Å². The molecule has 1 aromatic heterocycles. The van der Waals surface area contributed by atoms with Gasteiger partial charge in [0.1, 0.15) is 0 Å². The Kier molecular flexibility index (Phi) is 4.55. The summed E-state index contributed by atoms with van der Waals surface area (Å²) in [5.74, 6) is 0.706. The first-order valence-corrected chi connectivity index (χ1v) is 6.11. The highest BCUT2D eigenvalue weighted by Crippen LogP contribution is 2.12. The van der Waals surface area contributed by atoms with Crippen molar-refractivity contribution in [2.45, 2.75) is 40.2 Å². The summed E-state index contributed by atoms with van der Waals surface area (Å²) < 4.78 is 0. The van der Waals surface area contributed by atoms with E-state index in [4.69, 9.17) is 0 Å². The summed E-state index contributed by atoms with van der Waals surface area (Å²) in [5.41, 5.74) is 3.12. The number of rotatable bonds is 5. The second-order valence-electron chi connectivity index (χ2n) is 4.10. The van der Waals surface area contributed by atoms with Crippen molar-refractivity contribution in [3.8, 4) is 0 Å². The van der Waals surface area contributed by atoms with Gasteiger partial charge in [0.25, 0.3) is 0 Å². The predicted molar refractivity (Wildman–Crippen MR) is 62.9 cm³/mol. The Hall–Kier alpha value is -0.410. The second kappa shape index (κ2) is 5.47. The lowest BCUT2D eigenvalue weighted by atomic mass is 10.1. The van der Waals surface area contributed by atoms with E-state index < -0.39 is 0 Å². The van der Waals surface area contributed by atoms with E-state index >= 15 is 0 Å². The summed E-state index contributed by atoms with van der Waals surface area (Å²) in [6.07, 6.45) is 1.10. The molecule has 2 nitrogen and oxygen atoms in total. The highest BCUT2D eigenvalue weighted by molar-refractivity contribution is 7.09. The highest BCUT2D eigenvalue weighted by Gasteiger charge is 2.06. The van der Waals surface area contributed by atoms with Crippen LogP contribution in [0.15, 0.2) is 5.51 Å². The third-order valence-electron chi connectivity index (χ3n) is 2.66. The number of nitrogens with zero attached hydrogens (tertiary/aromatic N) is 1. The Morgan fingerprint density at radius 1 is 1.43 bits per heavy atom. The van der Waals surface area contributed by atoms with Crippen LogP contribution in [0.25, 0.3) is 0 Å². The van der Waals surface area contributed by atoms with Crippen molar-refractivity contribution in [1.29, 1.82) is 0 Å². The third-order valence-corrected chi connectivity index (χ3v) is 3.66. The van der Waals surface area contributed by atoms with Crippen LogP contribution in [-0.2, 0) is 6.42 Å². The van der Waals surface area contributed by atoms with Crippen molar-refractivity contribution < 1.29 is 0 Å². The van der Waals surface area contributed by atoms with Gasteiger partial charge in [0.2, 0.25) is 0 Å². The molecular weight excluding hydrogens is 192 g/mol. The van der Waals surface area contributed by atoms with Crippen LogP contribution in [0.4, 0.5) is 0 Å². The fourth-order valence-electron chi connectivity index (χ4n) is 1.22. The Bertz CT molecular complexity index is 268. The average Bonchev–Trinajstić information content (AvgIpc) is 2.51. The quantitative estimate of drug-likeness (QED) is 0.811. The molecule has 1 N–H and O–H groups in total. The van der Waals surface area contributed by atoms with Gasteiger partial charge in [-0.2, -0.15) is 0 Å². The molecule has 1 heterocycles. The molecule has 1 atom stereocenters. The zero-order valence-corrected chi connectivity index (χ0v) is 10.3. The Morgan fingerprint density at radius 2 is 2.14 bits per heavy atom. The molecule has 0 aliphatic carbocycles. The summed E-state index contributed by atoms with van der Waals surface area (Å²) in [6.45, 7) is 9.87. The summed E-state index contributed by atoms with van der Waals surface area (Å²) in [4.78, 5) is 5.65. The Labute approximate surface area is 90.8 Å². The van der Waals surface area contributed by atoms with Crippen LogP contribution >= 0.6 is 11.3 Å². The van der Waals surface area contributed by atoms with Gasteiger partial charge in [-0.1, -0.05) is 13.8 Å². The summed E-state index contributed by atoms with van der Waals surface area (Å²) in [5, 5.41) is 3.53. The van der Waals surface area contributed by atoms with Crippen LogP contribution < -0.4 is 5.32 Å². The van der Waals surface area contributed by atoms with Crippen molar-refractivity contribution in [2.75, 3.05) is 6.54 Å². The maximum absolute atomic E-state index is 4.24. The molecule has 0 aliphatic heterocycles. The number of nitrogens with one attached hydrogen (secondary N) is 1. The molecule has 0 aliphatic rings. The molecule has 0 fully saturated rings. The largest absolute Gasteiger partial charge is 0.314 e. The van der Waals surface area contributed by atoms with Crippen LogP contribution in [0, 0.1) is 12.8 Å². The maximum Gasteiger partial charge on any atom is 0.0797 e. The SMILES string of the molecule is Cc1ncsc1CCNC(C)C(C)C. The van der Waals surface area contributed by atoms with E-state index in [-0.39, 0.29) is 0 Å². The minimum atomic E-state index is 0.600. The van der Waals surface area contributed by atoms with Gasteiger partial charge in [0.05, 0.1) is 11.2 Å². The average molecular weight is 212 g/mol. The van der Waals surface area contributed by atoms with Gasteiger partial charge < -0.3 is 5.32 Å². The molecule has 0 spiro atoms. The zero-order chi connectivity index (χ0) is 10.6.